The zero-order chi connectivity index (χ0) is 14.5. The molecule has 0 aliphatic heterocycles. The molecule has 102 valence electrons. The van der Waals surface area contributed by atoms with Crippen molar-refractivity contribution in [3.63, 3.8) is 0 Å². The summed E-state index contributed by atoms with van der Waals surface area (Å²) < 4.78 is 60.6. The van der Waals surface area contributed by atoms with Gasteiger partial charge in [0, 0.05) is 0 Å². The van der Waals surface area contributed by atoms with Gasteiger partial charge in [-0.3, -0.25) is 4.79 Å². The van der Waals surface area contributed by atoms with Gasteiger partial charge in [0.15, 0.2) is 0 Å². The third-order valence-electron chi connectivity index (χ3n) is 2.11. The normalized spacial score (nSPS) is 13.3. The summed E-state index contributed by atoms with van der Waals surface area (Å²) in [7, 11) is 0. The molecule has 1 aromatic carbocycles. The van der Waals surface area contributed by atoms with E-state index in [4.69, 9.17) is 0 Å². The Bertz CT molecular complexity index is 486. The second-order valence-corrected chi connectivity index (χ2v) is 3.57. The number of halogens is 5. The van der Waals surface area contributed by atoms with Crippen LogP contribution in [0, 0.1) is 0 Å². The molecule has 0 unspecified atom stereocenters. The molecular formula is C13H9F5O. The number of carbonyl (C=O) groups is 1. The monoisotopic (exact) mass is 276 g/mol. The molecule has 0 aromatic heterocycles. The third kappa shape index (κ3) is 4.01. The van der Waals surface area contributed by atoms with Crippen LogP contribution in [-0.2, 0) is 4.79 Å². The summed E-state index contributed by atoms with van der Waals surface area (Å²) in [4.78, 5) is 10.7. The van der Waals surface area contributed by atoms with Gasteiger partial charge in [0.2, 0.25) is 5.78 Å². The smallest absolute Gasteiger partial charge is 0.288 e. The average Bonchev–Trinajstić information content (AvgIpc) is 2.34. The van der Waals surface area contributed by atoms with Crippen LogP contribution < -0.4 is 0 Å². The van der Waals surface area contributed by atoms with E-state index in [2.05, 4.69) is 0 Å². The average molecular weight is 276 g/mol. The highest BCUT2D eigenvalue weighted by Gasteiger charge is 2.62. The maximum absolute atomic E-state index is 12.5. The number of alkyl halides is 5. The molecule has 0 radical (unpaired) electrons. The first-order chi connectivity index (χ1) is 8.75. The molecule has 0 saturated carbocycles. The molecule has 0 aliphatic carbocycles. The van der Waals surface area contributed by atoms with E-state index in [1.807, 2.05) is 0 Å². The Balaban J connectivity index is 2.68. The van der Waals surface area contributed by atoms with Gasteiger partial charge in [-0.2, -0.15) is 22.0 Å². The van der Waals surface area contributed by atoms with Crippen molar-refractivity contribution in [1.29, 1.82) is 0 Å². The minimum Gasteiger partial charge on any atom is -0.288 e. The molecule has 0 atom stereocenters. The van der Waals surface area contributed by atoms with Crippen molar-refractivity contribution < 1.29 is 26.7 Å². The van der Waals surface area contributed by atoms with Crippen LogP contribution in [0.2, 0.25) is 0 Å². The van der Waals surface area contributed by atoms with Crippen LogP contribution in [0.1, 0.15) is 5.56 Å². The molecule has 0 bridgehead atoms. The second kappa shape index (κ2) is 5.77. The van der Waals surface area contributed by atoms with Gasteiger partial charge in [-0.1, -0.05) is 48.6 Å². The van der Waals surface area contributed by atoms with Crippen molar-refractivity contribution in [1.82, 2.24) is 0 Å². The zero-order valence-electron chi connectivity index (χ0n) is 9.49. The molecule has 0 spiro atoms. The number of rotatable bonds is 4. The van der Waals surface area contributed by atoms with E-state index in [0.29, 0.717) is 0 Å². The highest BCUT2D eigenvalue weighted by Crippen LogP contribution is 2.36. The molecule has 6 heteroatoms. The number of hydrogen-bond acceptors (Lipinski definition) is 1. The van der Waals surface area contributed by atoms with E-state index >= 15 is 0 Å². The second-order valence-electron chi connectivity index (χ2n) is 3.57. The Morgan fingerprint density at radius 1 is 0.947 bits per heavy atom. The van der Waals surface area contributed by atoms with Gasteiger partial charge in [-0.05, 0) is 11.6 Å². The summed E-state index contributed by atoms with van der Waals surface area (Å²) >= 11 is 0. The zero-order valence-corrected chi connectivity index (χ0v) is 9.49. The van der Waals surface area contributed by atoms with E-state index in [-0.39, 0.29) is 6.08 Å². The molecule has 0 heterocycles. The van der Waals surface area contributed by atoms with E-state index in [1.165, 1.54) is 12.2 Å². The van der Waals surface area contributed by atoms with Gasteiger partial charge in [0.25, 0.3) is 0 Å². The highest BCUT2D eigenvalue weighted by atomic mass is 19.4. The summed E-state index contributed by atoms with van der Waals surface area (Å²) in [6.07, 6.45) is -2.16. The summed E-state index contributed by atoms with van der Waals surface area (Å²) in [5, 5.41) is 0. The molecule has 0 N–H and O–H groups in total. The first-order valence-corrected chi connectivity index (χ1v) is 5.14. The van der Waals surface area contributed by atoms with Crippen LogP contribution in [0.3, 0.4) is 0 Å². The van der Waals surface area contributed by atoms with Crippen molar-refractivity contribution >= 4 is 11.9 Å². The molecule has 19 heavy (non-hydrogen) atoms. The predicted octanol–water partition coefficient (Wildman–Crippen LogP) is 4.02. The summed E-state index contributed by atoms with van der Waals surface area (Å²) in [6.45, 7) is 0. The van der Waals surface area contributed by atoms with Crippen molar-refractivity contribution in [2.24, 2.45) is 0 Å². The van der Waals surface area contributed by atoms with Gasteiger partial charge in [-0.25, -0.2) is 0 Å². The van der Waals surface area contributed by atoms with E-state index in [9.17, 15) is 26.7 Å². The van der Waals surface area contributed by atoms with Crippen LogP contribution >= 0.6 is 0 Å². The van der Waals surface area contributed by atoms with Gasteiger partial charge in [-0.15, -0.1) is 0 Å². The van der Waals surface area contributed by atoms with Gasteiger partial charge >= 0.3 is 12.1 Å². The van der Waals surface area contributed by atoms with Crippen molar-refractivity contribution in [3.05, 3.63) is 54.1 Å². The van der Waals surface area contributed by atoms with Crippen LogP contribution in [0.5, 0.6) is 0 Å². The lowest BCUT2D eigenvalue weighted by molar-refractivity contribution is -0.266. The molecule has 0 aliphatic rings. The summed E-state index contributed by atoms with van der Waals surface area (Å²) in [5.41, 5.74) is 0.724. The maximum Gasteiger partial charge on any atom is 0.461 e. The van der Waals surface area contributed by atoms with Gasteiger partial charge in [0.1, 0.15) is 0 Å². The van der Waals surface area contributed by atoms with Crippen molar-refractivity contribution in [2.45, 2.75) is 12.1 Å². The molecule has 0 saturated heterocycles. The van der Waals surface area contributed by atoms with Gasteiger partial charge in [0.05, 0.1) is 0 Å². The standard InChI is InChI=1S/C13H9F5O/c14-12(15,13(16,17)18)11(19)9-5-4-8-10-6-2-1-3-7-10/h1-9H/b8-4+,9-5+. The molecule has 1 nitrogen and oxygen atoms in total. The van der Waals surface area contributed by atoms with Crippen molar-refractivity contribution in [3.8, 4) is 0 Å². The number of allylic oxidation sites excluding steroid dienone is 3. The predicted molar refractivity (Wildman–Crippen MR) is 60.6 cm³/mol. The fourth-order valence-electron chi connectivity index (χ4n) is 1.12. The lowest BCUT2D eigenvalue weighted by Gasteiger charge is -2.15. The molecule has 1 aromatic rings. The van der Waals surface area contributed by atoms with Crippen LogP contribution in [-0.4, -0.2) is 17.9 Å². The maximum atomic E-state index is 12.5. The fraction of sp³-hybridized carbons (Fsp3) is 0.154. The summed E-state index contributed by atoms with van der Waals surface area (Å²) in [5.74, 6) is -7.65. The van der Waals surface area contributed by atoms with E-state index in [1.54, 1.807) is 30.3 Å². The fourth-order valence-corrected chi connectivity index (χ4v) is 1.12. The first kappa shape index (κ1) is 15.1. The largest absolute Gasteiger partial charge is 0.461 e. The van der Waals surface area contributed by atoms with Crippen LogP contribution in [0.25, 0.3) is 6.08 Å². The molecule has 1 rings (SSSR count). The quantitative estimate of drug-likeness (QED) is 0.461. The van der Waals surface area contributed by atoms with Crippen LogP contribution in [0.15, 0.2) is 48.6 Å². The lowest BCUT2D eigenvalue weighted by atomic mass is 10.2. The Labute approximate surface area is 106 Å². The summed E-state index contributed by atoms with van der Waals surface area (Å²) in [6, 6.07) is 8.63. The van der Waals surface area contributed by atoms with Gasteiger partial charge < -0.3 is 0 Å². The van der Waals surface area contributed by atoms with Crippen LogP contribution in [0.4, 0.5) is 22.0 Å². The Kier molecular flexibility index (Phi) is 4.58. The number of hydrogen-bond donors (Lipinski definition) is 0. The third-order valence-corrected chi connectivity index (χ3v) is 2.11. The number of carbonyl (C=O) groups excluding carboxylic acids is 1. The highest BCUT2D eigenvalue weighted by molar-refractivity contribution is 5.96. The van der Waals surface area contributed by atoms with E-state index < -0.39 is 17.9 Å². The Hall–Kier alpha value is -1.98. The molecule has 0 amide bonds. The molecule has 0 fully saturated rings. The Morgan fingerprint density at radius 3 is 2.05 bits per heavy atom. The minimum atomic E-state index is -5.88. The first-order valence-electron chi connectivity index (χ1n) is 5.14. The SMILES string of the molecule is O=C(/C=C/C=C/c1ccccc1)C(F)(F)C(F)(F)F. The lowest BCUT2D eigenvalue weighted by Crippen LogP contribution is -2.43. The van der Waals surface area contributed by atoms with Crippen molar-refractivity contribution in [2.75, 3.05) is 0 Å². The Morgan fingerprint density at radius 2 is 1.53 bits per heavy atom. The number of benzene rings is 1. The number of ketones is 1. The topological polar surface area (TPSA) is 17.1 Å². The van der Waals surface area contributed by atoms with E-state index in [0.717, 1.165) is 11.6 Å². The minimum absolute atomic E-state index is 0.201. The molecular weight excluding hydrogens is 267 g/mol.